The summed E-state index contributed by atoms with van der Waals surface area (Å²) in [5.74, 6) is 0.740. The molecule has 5 aromatic rings. The summed E-state index contributed by atoms with van der Waals surface area (Å²) in [6.45, 7) is 2.15. The Morgan fingerprint density at radius 3 is 2.88 bits per heavy atom. The topological polar surface area (TPSA) is 53.6 Å². The van der Waals surface area contributed by atoms with E-state index in [2.05, 4.69) is 74.6 Å². The highest BCUT2D eigenvalue weighted by atomic mass is 32.1. The number of nitrogens with zero attached hydrogens (tertiary/aromatic N) is 2. The second-order valence-corrected chi connectivity index (χ2v) is 7.08. The highest BCUT2D eigenvalue weighted by Gasteiger charge is 2.10. The Morgan fingerprint density at radius 2 is 2.00 bits per heavy atom. The number of hydrogen-bond acceptors (Lipinski definition) is 4. The summed E-state index contributed by atoms with van der Waals surface area (Å²) in [5, 5.41) is 17.6. The molecule has 5 rings (SSSR count). The predicted octanol–water partition coefficient (Wildman–Crippen LogP) is 5.89. The van der Waals surface area contributed by atoms with E-state index in [0.29, 0.717) is 0 Å². The minimum absolute atomic E-state index is 0.740. The number of benzene rings is 2. The van der Waals surface area contributed by atoms with Crippen molar-refractivity contribution in [3.05, 3.63) is 71.1 Å². The smallest absolute Gasteiger partial charge is 0.178 e. The number of hydrogen-bond donors (Lipinski definition) is 2. The maximum absolute atomic E-state index is 4.42. The van der Waals surface area contributed by atoms with Gasteiger partial charge in [-0.25, -0.2) is 0 Å². The Kier molecular flexibility index (Phi) is 3.47. The molecule has 3 aromatic heterocycles. The SMILES string of the molecule is Cc1ccc(-c2ccsc2)c2cc(Nc3n[nH]c4cccnc34)ccc12. The third kappa shape index (κ3) is 2.45. The van der Waals surface area contributed by atoms with Crippen molar-refractivity contribution >= 4 is 44.6 Å². The van der Waals surface area contributed by atoms with E-state index in [1.807, 2.05) is 12.1 Å². The Bertz CT molecular complexity index is 1220. The van der Waals surface area contributed by atoms with E-state index in [9.17, 15) is 0 Å². The van der Waals surface area contributed by atoms with Crippen LogP contribution in [0, 0.1) is 6.92 Å². The molecule has 126 valence electrons. The number of aromatic nitrogens is 3. The lowest BCUT2D eigenvalue weighted by Gasteiger charge is -2.11. The third-order valence-electron chi connectivity index (χ3n) is 4.65. The van der Waals surface area contributed by atoms with Crippen LogP contribution in [0.25, 0.3) is 32.9 Å². The molecule has 0 aliphatic carbocycles. The average Bonchev–Trinajstić information content (AvgIpc) is 3.33. The zero-order valence-corrected chi connectivity index (χ0v) is 15.0. The molecule has 0 unspecified atom stereocenters. The van der Waals surface area contributed by atoms with Crippen molar-refractivity contribution < 1.29 is 0 Å². The van der Waals surface area contributed by atoms with Crippen LogP contribution in [0.15, 0.2) is 65.5 Å². The van der Waals surface area contributed by atoms with Crippen LogP contribution < -0.4 is 5.32 Å². The largest absolute Gasteiger partial charge is 0.337 e. The number of aromatic amines is 1. The first-order valence-corrected chi connectivity index (χ1v) is 9.36. The van der Waals surface area contributed by atoms with Crippen molar-refractivity contribution in [3.8, 4) is 11.1 Å². The molecule has 5 heteroatoms. The minimum atomic E-state index is 0.740. The summed E-state index contributed by atoms with van der Waals surface area (Å²) in [6, 6.07) is 16.9. The highest BCUT2D eigenvalue weighted by molar-refractivity contribution is 7.08. The molecule has 26 heavy (non-hydrogen) atoms. The summed E-state index contributed by atoms with van der Waals surface area (Å²) >= 11 is 1.72. The van der Waals surface area contributed by atoms with Crippen molar-refractivity contribution in [3.63, 3.8) is 0 Å². The van der Waals surface area contributed by atoms with Gasteiger partial charge in [0.1, 0.15) is 5.52 Å². The summed E-state index contributed by atoms with van der Waals surface area (Å²) in [7, 11) is 0. The first kappa shape index (κ1) is 15.1. The van der Waals surface area contributed by atoms with Crippen LogP contribution in [-0.4, -0.2) is 15.2 Å². The standard InChI is InChI=1S/C21H16N4S/c1-13-4-6-17(14-8-10-26-12-14)18-11-15(5-7-16(13)18)23-21-20-19(24-25-21)3-2-9-22-20/h2-12H,1H3,(H2,23,24,25). The second-order valence-electron chi connectivity index (χ2n) is 6.30. The van der Waals surface area contributed by atoms with E-state index in [1.165, 1.54) is 27.5 Å². The van der Waals surface area contributed by atoms with Gasteiger partial charge in [0.25, 0.3) is 0 Å². The van der Waals surface area contributed by atoms with Crippen molar-refractivity contribution in [2.75, 3.05) is 5.32 Å². The lowest BCUT2D eigenvalue weighted by atomic mass is 9.96. The van der Waals surface area contributed by atoms with Gasteiger partial charge in [-0.15, -0.1) is 0 Å². The maximum atomic E-state index is 4.42. The molecular weight excluding hydrogens is 340 g/mol. The summed E-state index contributed by atoms with van der Waals surface area (Å²) in [4.78, 5) is 4.42. The van der Waals surface area contributed by atoms with Crippen LogP contribution >= 0.6 is 11.3 Å². The van der Waals surface area contributed by atoms with Gasteiger partial charge in [0, 0.05) is 11.9 Å². The lowest BCUT2D eigenvalue weighted by molar-refractivity contribution is 1.12. The van der Waals surface area contributed by atoms with E-state index < -0.39 is 0 Å². The molecule has 0 radical (unpaired) electrons. The molecule has 3 heterocycles. The number of fused-ring (bicyclic) bond motifs is 2. The van der Waals surface area contributed by atoms with Crippen LogP contribution in [0.4, 0.5) is 11.5 Å². The fourth-order valence-corrected chi connectivity index (χ4v) is 3.98. The van der Waals surface area contributed by atoms with Gasteiger partial charge in [0.2, 0.25) is 0 Å². The summed E-state index contributed by atoms with van der Waals surface area (Å²) < 4.78 is 0. The number of H-pyrrole nitrogens is 1. The molecule has 0 atom stereocenters. The van der Waals surface area contributed by atoms with Gasteiger partial charge < -0.3 is 5.32 Å². The van der Waals surface area contributed by atoms with Crippen molar-refractivity contribution in [1.29, 1.82) is 0 Å². The van der Waals surface area contributed by atoms with E-state index in [-0.39, 0.29) is 0 Å². The number of aryl methyl sites for hydroxylation is 1. The van der Waals surface area contributed by atoms with Crippen molar-refractivity contribution in [1.82, 2.24) is 15.2 Å². The molecule has 0 spiro atoms. The average molecular weight is 356 g/mol. The number of thiophene rings is 1. The molecule has 0 aliphatic rings. The first-order chi connectivity index (χ1) is 12.8. The van der Waals surface area contributed by atoms with E-state index >= 15 is 0 Å². The van der Waals surface area contributed by atoms with E-state index in [4.69, 9.17) is 0 Å². The van der Waals surface area contributed by atoms with Crippen LogP contribution in [0.2, 0.25) is 0 Å². The maximum Gasteiger partial charge on any atom is 0.178 e. The molecule has 0 aliphatic heterocycles. The van der Waals surface area contributed by atoms with Crippen LogP contribution in [0.5, 0.6) is 0 Å². The Hall–Kier alpha value is -3.18. The highest BCUT2D eigenvalue weighted by Crippen LogP contribution is 2.34. The number of pyridine rings is 1. The fourth-order valence-electron chi connectivity index (χ4n) is 3.32. The monoisotopic (exact) mass is 356 g/mol. The van der Waals surface area contributed by atoms with Gasteiger partial charge in [-0.05, 0) is 75.5 Å². The predicted molar refractivity (Wildman–Crippen MR) is 109 cm³/mol. The first-order valence-electron chi connectivity index (χ1n) is 8.42. The molecule has 0 amide bonds. The molecular formula is C21H16N4S. The van der Waals surface area contributed by atoms with Crippen molar-refractivity contribution in [2.45, 2.75) is 6.92 Å². The van der Waals surface area contributed by atoms with Gasteiger partial charge in [0.05, 0.1) is 5.52 Å². The molecule has 2 N–H and O–H groups in total. The Morgan fingerprint density at radius 1 is 1.04 bits per heavy atom. The van der Waals surface area contributed by atoms with E-state index in [1.54, 1.807) is 17.5 Å². The van der Waals surface area contributed by atoms with Crippen LogP contribution in [0.1, 0.15) is 5.56 Å². The van der Waals surface area contributed by atoms with Gasteiger partial charge in [-0.3, -0.25) is 10.1 Å². The fraction of sp³-hybridized carbons (Fsp3) is 0.0476. The minimum Gasteiger partial charge on any atom is -0.337 e. The van der Waals surface area contributed by atoms with E-state index in [0.717, 1.165) is 22.5 Å². The lowest BCUT2D eigenvalue weighted by Crippen LogP contribution is -1.93. The second kappa shape index (κ2) is 5.97. The van der Waals surface area contributed by atoms with Gasteiger partial charge in [0.15, 0.2) is 5.82 Å². The molecule has 0 saturated carbocycles. The van der Waals surface area contributed by atoms with Crippen LogP contribution in [-0.2, 0) is 0 Å². The molecule has 0 bridgehead atoms. The zero-order valence-electron chi connectivity index (χ0n) is 14.2. The molecule has 0 saturated heterocycles. The normalized spacial score (nSPS) is 11.3. The summed E-state index contributed by atoms with van der Waals surface area (Å²) in [5.41, 5.74) is 6.54. The number of nitrogens with one attached hydrogen (secondary N) is 2. The Balaban J connectivity index is 1.64. The number of rotatable bonds is 3. The van der Waals surface area contributed by atoms with Crippen LogP contribution in [0.3, 0.4) is 0 Å². The van der Waals surface area contributed by atoms with Crippen molar-refractivity contribution in [2.24, 2.45) is 0 Å². The van der Waals surface area contributed by atoms with Gasteiger partial charge in [-0.1, -0.05) is 18.2 Å². The quantitative estimate of drug-likeness (QED) is 0.424. The van der Waals surface area contributed by atoms with Gasteiger partial charge in [-0.2, -0.15) is 16.4 Å². The van der Waals surface area contributed by atoms with Gasteiger partial charge >= 0.3 is 0 Å². The number of anilines is 2. The third-order valence-corrected chi connectivity index (χ3v) is 5.33. The summed E-state index contributed by atoms with van der Waals surface area (Å²) in [6.07, 6.45) is 1.78. The Labute approximate surface area is 154 Å². The molecule has 2 aromatic carbocycles. The molecule has 0 fully saturated rings. The zero-order chi connectivity index (χ0) is 17.5. The molecule has 4 nitrogen and oxygen atoms in total.